The predicted octanol–water partition coefficient (Wildman–Crippen LogP) is 2.84. The van der Waals surface area contributed by atoms with Gasteiger partial charge in [0, 0.05) is 44.9 Å². The van der Waals surface area contributed by atoms with Crippen LogP contribution in [0.1, 0.15) is 24.8 Å². The SMILES string of the molecule is CC(CC(=O)N1CCN(c2ccc(S(C)(=O)=O)cc2[N+](=O)[O-])CC1)c1ccccc1. The number of anilines is 1. The maximum atomic E-state index is 12.7. The Morgan fingerprint density at radius 1 is 1.10 bits per heavy atom. The van der Waals surface area contributed by atoms with Gasteiger partial charge in [-0.1, -0.05) is 37.3 Å². The van der Waals surface area contributed by atoms with Gasteiger partial charge in [-0.15, -0.1) is 0 Å². The molecular weight excluding hydrogens is 406 g/mol. The third-order valence-corrected chi connectivity index (χ3v) is 6.50. The van der Waals surface area contributed by atoms with Crippen LogP contribution in [-0.4, -0.2) is 56.6 Å². The van der Waals surface area contributed by atoms with Gasteiger partial charge in [0.1, 0.15) is 5.69 Å². The highest BCUT2D eigenvalue weighted by Gasteiger charge is 2.27. The molecule has 2 aromatic carbocycles. The van der Waals surface area contributed by atoms with Crippen molar-refractivity contribution < 1.29 is 18.1 Å². The van der Waals surface area contributed by atoms with E-state index in [9.17, 15) is 23.3 Å². The average molecular weight is 432 g/mol. The van der Waals surface area contributed by atoms with E-state index < -0.39 is 14.8 Å². The van der Waals surface area contributed by atoms with Gasteiger partial charge in [0.15, 0.2) is 9.84 Å². The molecule has 1 saturated heterocycles. The van der Waals surface area contributed by atoms with Crippen molar-refractivity contribution in [3.63, 3.8) is 0 Å². The van der Waals surface area contributed by atoms with Crippen LogP contribution in [-0.2, 0) is 14.6 Å². The molecule has 9 heteroatoms. The number of benzene rings is 2. The molecule has 1 aliphatic heterocycles. The van der Waals surface area contributed by atoms with E-state index in [0.717, 1.165) is 17.9 Å². The number of rotatable bonds is 6. The number of nitro groups is 1. The van der Waals surface area contributed by atoms with Gasteiger partial charge in [-0.05, 0) is 23.6 Å². The summed E-state index contributed by atoms with van der Waals surface area (Å²) in [7, 11) is -3.54. The summed E-state index contributed by atoms with van der Waals surface area (Å²) in [6.07, 6.45) is 1.43. The number of amides is 1. The Morgan fingerprint density at radius 3 is 2.30 bits per heavy atom. The lowest BCUT2D eigenvalue weighted by atomic mass is 9.97. The van der Waals surface area contributed by atoms with Crippen molar-refractivity contribution in [1.29, 1.82) is 0 Å². The normalized spacial score (nSPS) is 15.7. The van der Waals surface area contributed by atoms with Gasteiger partial charge in [0.2, 0.25) is 5.91 Å². The Hall–Kier alpha value is -2.94. The molecule has 0 spiro atoms. The Kier molecular flexibility index (Phi) is 6.40. The number of hydrogen-bond donors (Lipinski definition) is 0. The zero-order valence-electron chi connectivity index (χ0n) is 17.0. The maximum absolute atomic E-state index is 12.7. The molecule has 3 rings (SSSR count). The summed E-state index contributed by atoms with van der Waals surface area (Å²) in [6, 6.07) is 13.8. The van der Waals surface area contributed by atoms with E-state index >= 15 is 0 Å². The molecule has 1 atom stereocenters. The molecule has 1 amide bonds. The van der Waals surface area contributed by atoms with Crippen LogP contribution in [0.15, 0.2) is 53.4 Å². The van der Waals surface area contributed by atoms with E-state index in [1.165, 1.54) is 12.1 Å². The number of carbonyl (C=O) groups is 1. The number of piperazine rings is 1. The lowest BCUT2D eigenvalue weighted by molar-refractivity contribution is -0.384. The van der Waals surface area contributed by atoms with Crippen LogP contribution in [0.2, 0.25) is 0 Å². The van der Waals surface area contributed by atoms with Crippen molar-refractivity contribution in [2.75, 3.05) is 37.3 Å². The molecule has 0 aromatic heterocycles. The molecule has 0 bridgehead atoms. The maximum Gasteiger partial charge on any atom is 0.293 e. The summed E-state index contributed by atoms with van der Waals surface area (Å²) in [5, 5.41) is 11.5. The monoisotopic (exact) mass is 431 g/mol. The van der Waals surface area contributed by atoms with Gasteiger partial charge in [0.05, 0.1) is 9.82 Å². The van der Waals surface area contributed by atoms with Crippen LogP contribution < -0.4 is 4.90 Å². The summed E-state index contributed by atoms with van der Waals surface area (Å²) in [4.78, 5) is 27.1. The second-order valence-corrected chi connectivity index (χ2v) is 9.58. The Labute approximate surface area is 176 Å². The highest BCUT2D eigenvalue weighted by molar-refractivity contribution is 7.90. The quantitative estimate of drug-likeness (QED) is 0.515. The molecule has 1 unspecified atom stereocenters. The highest BCUT2D eigenvalue weighted by Crippen LogP contribution is 2.31. The lowest BCUT2D eigenvalue weighted by Gasteiger charge is -2.36. The second kappa shape index (κ2) is 8.83. The van der Waals surface area contributed by atoms with Gasteiger partial charge in [-0.25, -0.2) is 8.42 Å². The summed E-state index contributed by atoms with van der Waals surface area (Å²) in [6.45, 7) is 3.85. The molecule has 0 saturated carbocycles. The van der Waals surface area contributed by atoms with Crippen molar-refractivity contribution in [3.8, 4) is 0 Å². The number of sulfone groups is 1. The van der Waals surface area contributed by atoms with Crippen molar-refractivity contribution >= 4 is 27.1 Å². The standard InChI is InChI=1S/C21H25N3O5S/c1-16(17-6-4-3-5-7-17)14-21(25)23-12-10-22(11-13-23)19-9-8-18(30(2,28)29)15-20(19)24(26)27/h3-9,15-16H,10-14H2,1-2H3. The predicted molar refractivity (Wildman–Crippen MR) is 114 cm³/mol. The third kappa shape index (κ3) is 4.96. The Morgan fingerprint density at radius 2 is 1.73 bits per heavy atom. The summed E-state index contributed by atoms with van der Waals surface area (Å²) >= 11 is 0. The molecule has 0 N–H and O–H groups in total. The summed E-state index contributed by atoms with van der Waals surface area (Å²) in [5.74, 6) is 0.175. The molecule has 160 valence electrons. The zero-order valence-corrected chi connectivity index (χ0v) is 17.8. The van der Waals surface area contributed by atoms with Gasteiger partial charge < -0.3 is 9.80 Å². The lowest BCUT2D eigenvalue weighted by Crippen LogP contribution is -2.49. The fourth-order valence-electron chi connectivity index (χ4n) is 3.63. The van der Waals surface area contributed by atoms with E-state index in [0.29, 0.717) is 38.3 Å². The van der Waals surface area contributed by atoms with E-state index in [1.807, 2.05) is 42.2 Å². The Balaban J connectivity index is 1.66. The van der Waals surface area contributed by atoms with Gasteiger partial charge in [0.25, 0.3) is 5.69 Å². The fourth-order valence-corrected chi connectivity index (χ4v) is 4.28. The van der Waals surface area contributed by atoms with Crippen molar-refractivity contribution in [2.45, 2.75) is 24.2 Å². The zero-order chi connectivity index (χ0) is 21.9. The number of carbonyl (C=O) groups excluding carboxylic acids is 1. The second-order valence-electron chi connectivity index (χ2n) is 7.56. The molecule has 1 aliphatic rings. The minimum atomic E-state index is -3.54. The topological polar surface area (TPSA) is 101 Å². The smallest absolute Gasteiger partial charge is 0.293 e. The minimum Gasteiger partial charge on any atom is -0.362 e. The first-order chi connectivity index (χ1) is 14.2. The number of nitro benzene ring substituents is 1. The summed E-state index contributed by atoms with van der Waals surface area (Å²) < 4.78 is 23.4. The number of nitrogens with zero attached hydrogens (tertiary/aromatic N) is 3. The van der Waals surface area contributed by atoms with Crippen LogP contribution in [0.4, 0.5) is 11.4 Å². The molecule has 2 aromatic rings. The number of hydrogen-bond acceptors (Lipinski definition) is 6. The van der Waals surface area contributed by atoms with E-state index in [2.05, 4.69) is 0 Å². The molecule has 30 heavy (non-hydrogen) atoms. The van der Waals surface area contributed by atoms with Crippen LogP contribution >= 0.6 is 0 Å². The van der Waals surface area contributed by atoms with Gasteiger partial charge >= 0.3 is 0 Å². The van der Waals surface area contributed by atoms with Gasteiger partial charge in [-0.2, -0.15) is 0 Å². The molecule has 0 aliphatic carbocycles. The summed E-state index contributed by atoms with van der Waals surface area (Å²) in [5.41, 5.74) is 1.25. The van der Waals surface area contributed by atoms with Crippen molar-refractivity contribution in [3.05, 3.63) is 64.2 Å². The molecule has 8 nitrogen and oxygen atoms in total. The molecule has 0 radical (unpaired) electrons. The van der Waals surface area contributed by atoms with Crippen LogP contribution in [0.5, 0.6) is 0 Å². The minimum absolute atomic E-state index is 0.0629. The van der Waals surface area contributed by atoms with Crippen molar-refractivity contribution in [2.24, 2.45) is 0 Å². The fraction of sp³-hybridized carbons (Fsp3) is 0.381. The molecule has 1 fully saturated rings. The van der Waals surface area contributed by atoms with E-state index in [-0.39, 0.29) is 22.4 Å². The highest BCUT2D eigenvalue weighted by atomic mass is 32.2. The average Bonchev–Trinajstić information content (AvgIpc) is 2.73. The van der Waals surface area contributed by atoms with Crippen LogP contribution in [0.25, 0.3) is 0 Å². The van der Waals surface area contributed by atoms with Crippen LogP contribution in [0.3, 0.4) is 0 Å². The molecule has 1 heterocycles. The van der Waals surface area contributed by atoms with E-state index in [1.54, 1.807) is 4.90 Å². The first-order valence-corrected chi connectivity index (χ1v) is 11.6. The van der Waals surface area contributed by atoms with Gasteiger partial charge in [-0.3, -0.25) is 14.9 Å². The van der Waals surface area contributed by atoms with E-state index in [4.69, 9.17) is 0 Å². The molecular formula is C21H25N3O5S. The third-order valence-electron chi connectivity index (χ3n) is 5.39. The van der Waals surface area contributed by atoms with Crippen LogP contribution in [0, 0.1) is 10.1 Å². The first kappa shape index (κ1) is 21.8. The van der Waals surface area contributed by atoms with Crippen molar-refractivity contribution in [1.82, 2.24) is 4.90 Å². The first-order valence-electron chi connectivity index (χ1n) is 9.73. The largest absolute Gasteiger partial charge is 0.362 e. The Bertz CT molecular complexity index is 1030.